The molecule has 1 aromatic rings. The summed E-state index contributed by atoms with van der Waals surface area (Å²) < 4.78 is 15.2. The van der Waals surface area contributed by atoms with E-state index >= 15 is 0 Å². The highest BCUT2D eigenvalue weighted by Crippen LogP contribution is 2.43. The number of ether oxygens (including phenoxy) is 3. The van der Waals surface area contributed by atoms with E-state index in [-0.39, 0.29) is 23.2 Å². The van der Waals surface area contributed by atoms with Crippen molar-refractivity contribution in [3.63, 3.8) is 0 Å². The molecule has 17 heavy (non-hydrogen) atoms. The van der Waals surface area contributed by atoms with Gasteiger partial charge < -0.3 is 19.3 Å². The van der Waals surface area contributed by atoms with Crippen LogP contribution in [0.25, 0.3) is 0 Å². The Morgan fingerprint density at radius 2 is 2.12 bits per heavy atom. The van der Waals surface area contributed by atoms with Crippen molar-refractivity contribution in [2.24, 2.45) is 0 Å². The third-order valence-electron chi connectivity index (χ3n) is 2.75. The number of rotatable bonds is 2. The molecule has 1 unspecified atom stereocenters. The molecule has 0 fully saturated rings. The molecule has 2 rings (SSSR count). The molecule has 1 aliphatic heterocycles. The number of hydrogen-bond acceptors (Lipinski definition) is 5. The van der Waals surface area contributed by atoms with Crippen LogP contribution in [0.1, 0.15) is 22.8 Å². The Kier molecular flexibility index (Phi) is 2.83. The minimum atomic E-state index is -0.530. The van der Waals surface area contributed by atoms with E-state index in [4.69, 9.17) is 14.2 Å². The van der Waals surface area contributed by atoms with Crippen LogP contribution in [0.15, 0.2) is 6.07 Å². The van der Waals surface area contributed by atoms with Crippen LogP contribution in [-0.2, 0) is 11.2 Å². The maximum absolute atomic E-state index is 11.7. The Morgan fingerprint density at radius 1 is 1.41 bits per heavy atom. The van der Waals surface area contributed by atoms with Crippen molar-refractivity contribution in [3.05, 3.63) is 17.2 Å². The summed E-state index contributed by atoms with van der Waals surface area (Å²) in [6.07, 6.45) is 0.349. The van der Waals surface area contributed by atoms with Crippen molar-refractivity contribution in [2.45, 2.75) is 19.4 Å². The molecule has 0 bridgehead atoms. The average molecular weight is 238 g/mol. The van der Waals surface area contributed by atoms with Gasteiger partial charge in [0.05, 0.1) is 14.2 Å². The number of methoxy groups -OCH3 is 2. The molecule has 0 radical (unpaired) electrons. The molecule has 5 heteroatoms. The van der Waals surface area contributed by atoms with Crippen LogP contribution in [-0.4, -0.2) is 31.4 Å². The number of carbonyl (C=O) groups excluding carboxylic acids is 1. The third-order valence-corrected chi connectivity index (χ3v) is 2.75. The zero-order valence-electron chi connectivity index (χ0n) is 9.94. The average Bonchev–Trinajstić information content (AvgIpc) is 2.27. The number of fused-ring (bicyclic) bond motifs is 1. The van der Waals surface area contributed by atoms with Gasteiger partial charge in [-0.1, -0.05) is 0 Å². The van der Waals surface area contributed by atoms with E-state index < -0.39 is 5.97 Å². The van der Waals surface area contributed by atoms with Gasteiger partial charge in [-0.25, -0.2) is 4.79 Å². The largest absolute Gasteiger partial charge is 0.504 e. The molecule has 1 aliphatic rings. The Balaban J connectivity index is 2.64. The molecule has 92 valence electrons. The molecule has 1 heterocycles. The zero-order valence-corrected chi connectivity index (χ0v) is 9.94. The lowest BCUT2D eigenvalue weighted by Crippen LogP contribution is -2.25. The van der Waals surface area contributed by atoms with Gasteiger partial charge in [0.25, 0.3) is 0 Å². The number of cyclic esters (lactones) is 1. The van der Waals surface area contributed by atoms with Crippen LogP contribution in [0.5, 0.6) is 17.2 Å². The molecule has 5 nitrogen and oxygen atoms in total. The lowest BCUT2D eigenvalue weighted by Gasteiger charge is -2.24. The van der Waals surface area contributed by atoms with Crippen LogP contribution >= 0.6 is 0 Å². The highest BCUT2D eigenvalue weighted by molar-refractivity contribution is 5.96. The Hall–Kier alpha value is -1.91. The normalized spacial score (nSPS) is 18.3. The summed E-state index contributed by atoms with van der Waals surface area (Å²) in [6.45, 7) is 1.80. The van der Waals surface area contributed by atoms with E-state index in [1.807, 2.05) is 0 Å². The van der Waals surface area contributed by atoms with Crippen molar-refractivity contribution in [3.8, 4) is 17.2 Å². The summed E-state index contributed by atoms with van der Waals surface area (Å²) >= 11 is 0. The molecule has 1 N–H and O–H groups in total. The topological polar surface area (TPSA) is 65.0 Å². The van der Waals surface area contributed by atoms with Crippen LogP contribution in [0.3, 0.4) is 0 Å². The van der Waals surface area contributed by atoms with E-state index in [0.29, 0.717) is 17.7 Å². The highest BCUT2D eigenvalue weighted by Gasteiger charge is 2.30. The van der Waals surface area contributed by atoms with E-state index in [2.05, 4.69) is 0 Å². The number of aromatic hydroxyl groups is 1. The predicted molar refractivity (Wildman–Crippen MR) is 59.8 cm³/mol. The van der Waals surface area contributed by atoms with Gasteiger partial charge >= 0.3 is 5.97 Å². The Bertz CT molecular complexity index is 466. The minimum Gasteiger partial charge on any atom is -0.504 e. The number of carbonyl (C=O) groups is 1. The highest BCUT2D eigenvalue weighted by atomic mass is 16.5. The smallest absolute Gasteiger partial charge is 0.342 e. The summed E-state index contributed by atoms with van der Waals surface area (Å²) in [6, 6.07) is 1.70. The van der Waals surface area contributed by atoms with E-state index in [9.17, 15) is 9.90 Å². The molecule has 0 spiro atoms. The minimum absolute atomic E-state index is 0.151. The second-order valence-corrected chi connectivity index (χ2v) is 3.91. The SMILES string of the molecule is COc1cc2c(c(O)c1OC)C(=O)OC(C)C2. The van der Waals surface area contributed by atoms with Gasteiger partial charge in [0.15, 0.2) is 11.5 Å². The van der Waals surface area contributed by atoms with Crippen molar-refractivity contribution < 1.29 is 24.1 Å². The van der Waals surface area contributed by atoms with Crippen LogP contribution in [0.2, 0.25) is 0 Å². The number of phenolic OH excluding ortho intramolecular Hbond substituents is 1. The van der Waals surface area contributed by atoms with E-state index in [0.717, 1.165) is 0 Å². The summed E-state index contributed by atoms with van der Waals surface area (Å²) in [4.78, 5) is 11.7. The first-order chi connectivity index (χ1) is 8.08. The van der Waals surface area contributed by atoms with Gasteiger partial charge in [0.2, 0.25) is 5.75 Å². The molecule has 1 aromatic carbocycles. The van der Waals surface area contributed by atoms with Crippen LogP contribution in [0.4, 0.5) is 0 Å². The maximum atomic E-state index is 11.7. The van der Waals surface area contributed by atoms with Crippen molar-refractivity contribution >= 4 is 5.97 Å². The van der Waals surface area contributed by atoms with Gasteiger partial charge in [-0.15, -0.1) is 0 Å². The molecular weight excluding hydrogens is 224 g/mol. The molecule has 1 atom stereocenters. The number of esters is 1. The molecular formula is C12H14O5. The fourth-order valence-corrected chi connectivity index (χ4v) is 2.01. The summed E-state index contributed by atoms with van der Waals surface area (Å²) in [7, 11) is 2.88. The van der Waals surface area contributed by atoms with Gasteiger partial charge in [0, 0.05) is 6.42 Å². The predicted octanol–water partition coefficient (Wildman–Crippen LogP) is 1.51. The second-order valence-electron chi connectivity index (χ2n) is 3.91. The van der Waals surface area contributed by atoms with Gasteiger partial charge in [-0.05, 0) is 18.6 Å². The molecule has 0 aliphatic carbocycles. The van der Waals surface area contributed by atoms with Crippen molar-refractivity contribution in [1.82, 2.24) is 0 Å². The summed E-state index contributed by atoms with van der Waals surface area (Å²) in [5.74, 6) is -0.195. The molecule has 0 saturated heterocycles. The fraction of sp³-hybridized carbons (Fsp3) is 0.417. The van der Waals surface area contributed by atoms with Crippen LogP contribution in [0, 0.1) is 0 Å². The summed E-state index contributed by atoms with van der Waals surface area (Å²) in [5.41, 5.74) is 0.879. The van der Waals surface area contributed by atoms with Crippen molar-refractivity contribution in [2.75, 3.05) is 14.2 Å². The quantitative estimate of drug-likeness (QED) is 0.791. The second kappa shape index (κ2) is 4.16. The fourth-order valence-electron chi connectivity index (χ4n) is 2.01. The van der Waals surface area contributed by atoms with Gasteiger partial charge in [-0.3, -0.25) is 0 Å². The zero-order chi connectivity index (χ0) is 12.6. The Morgan fingerprint density at radius 3 is 2.71 bits per heavy atom. The monoisotopic (exact) mass is 238 g/mol. The van der Waals surface area contributed by atoms with Gasteiger partial charge in [0.1, 0.15) is 11.7 Å². The van der Waals surface area contributed by atoms with Gasteiger partial charge in [-0.2, -0.15) is 0 Å². The number of hydrogen-bond donors (Lipinski definition) is 1. The van der Waals surface area contributed by atoms with E-state index in [1.54, 1.807) is 13.0 Å². The van der Waals surface area contributed by atoms with Crippen molar-refractivity contribution in [1.29, 1.82) is 0 Å². The maximum Gasteiger partial charge on any atom is 0.342 e. The number of benzene rings is 1. The standard InChI is InChI=1S/C12H14O5/c1-6-4-7-5-8(15-2)11(16-3)10(13)9(7)12(14)17-6/h5-6,13H,4H2,1-3H3. The van der Waals surface area contributed by atoms with Crippen LogP contribution < -0.4 is 9.47 Å². The Labute approximate surface area is 98.9 Å². The first-order valence-electron chi connectivity index (χ1n) is 5.26. The summed E-state index contributed by atoms with van der Waals surface area (Å²) in [5, 5.41) is 10.00. The molecule has 0 saturated carbocycles. The number of phenols is 1. The molecule has 0 aromatic heterocycles. The third kappa shape index (κ3) is 1.77. The first-order valence-corrected chi connectivity index (χ1v) is 5.26. The lowest BCUT2D eigenvalue weighted by atomic mass is 9.97. The molecule has 0 amide bonds. The first kappa shape index (κ1) is 11.6. The van der Waals surface area contributed by atoms with E-state index in [1.165, 1.54) is 14.2 Å². The lowest BCUT2D eigenvalue weighted by molar-refractivity contribution is 0.0296.